The molecule has 600 valence electrons. The minimum absolute atomic E-state index is 0.106. The van der Waals surface area contributed by atoms with Crippen LogP contribution in [0.5, 0.6) is 0 Å². The number of carbonyl (C=O) groups excluding carboxylic acids is 4. The second-order valence-corrected chi connectivity index (χ2v) is 33.8. The Hall–Kier alpha value is -1.94. The van der Waals surface area contributed by atoms with Gasteiger partial charge in [0.15, 0.2) is 12.2 Å². The molecule has 0 spiro atoms. The number of rotatable bonds is 80. The van der Waals surface area contributed by atoms with Gasteiger partial charge in [0.05, 0.1) is 26.4 Å². The highest BCUT2D eigenvalue weighted by Crippen LogP contribution is 2.45. The van der Waals surface area contributed by atoms with Crippen LogP contribution in [-0.2, 0) is 65.4 Å². The van der Waals surface area contributed by atoms with Crippen molar-refractivity contribution in [1.82, 2.24) is 0 Å². The Morgan fingerprint density at radius 1 is 0.267 bits per heavy atom. The molecule has 0 aliphatic rings. The topological polar surface area (TPSA) is 237 Å². The van der Waals surface area contributed by atoms with Gasteiger partial charge in [-0.15, -0.1) is 0 Å². The molecule has 0 aliphatic carbocycles. The lowest BCUT2D eigenvalue weighted by atomic mass is 10.0. The van der Waals surface area contributed by atoms with Crippen molar-refractivity contribution in [2.75, 3.05) is 39.6 Å². The van der Waals surface area contributed by atoms with Gasteiger partial charge in [0.2, 0.25) is 0 Å². The van der Waals surface area contributed by atoms with Crippen molar-refractivity contribution in [1.29, 1.82) is 0 Å². The summed E-state index contributed by atoms with van der Waals surface area (Å²) < 4.78 is 68.8. The molecule has 0 aromatic rings. The first-order chi connectivity index (χ1) is 48.7. The van der Waals surface area contributed by atoms with Gasteiger partial charge >= 0.3 is 39.5 Å². The van der Waals surface area contributed by atoms with E-state index in [-0.39, 0.29) is 25.7 Å². The summed E-state index contributed by atoms with van der Waals surface area (Å²) in [5, 5.41) is 10.6. The van der Waals surface area contributed by atoms with Crippen LogP contribution in [0.2, 0.25) is 0 Å². The molecule has 17 nitrogen and oxygen atoms in total. The fourth-order valence-electron chi connectivity index (χ4n) is 12.7. The monoisotopic (exact) mass is 1480 g/mol. The second kappa shape index (κ2) is 72.3. The highest BCUT2D eigenvalue weighted by atomic mass is 31.2. The van der Waals surface area contributed by atoms with Gasteiger partial charge in [-0.3, -0.25) is 37.3 Å². The zero-order chi connectivity index (χ0) is 74.4. The first-order valence-electron chi connectivity index (χ1n) is 42.3. The molecule has 0 aliphatic heterocycles. The van der Waals surface area contributed by atoms with Crippen LogP contribution in [0.4, 0.5) is 0 Å². The van der Waals surface area contributed by atoms with Crippen molar-refractivity contribution in [2.45, 2.75) is 446 Å². The zero-order valence-corrected chi connectivity index (χ0v) is 68.2. The van der Waals surface area contributed by atoms with Crippen LogP contribution in [0.1, 0.15) is 427 Å². The number of ether oxygens (including phenoxy) is 4. The number of hydrogen-bond acceptors (Lipinski definition) is 15. The van der Waals surface area contributed by atoms with E-state index in [1.807, 2.05) is 0 Å². The van der Waals surface area contributed by atoms with E-state index >= 15 is 0 Å². The molecule has 0 fully saturated rings. The fraction of sp³-hybridized carbons (Fsp3) is 0.951. The maximum absolute atomic E-state index is 13.1. The molecule has 5 atom stereocenters. The molecule has 0 radical (unpaired) electrons. The van der Waals surface area contributed by atoms with Crippen LogP contribution in [0, 0.1) is 17.8 Å². The van der Waals surface area contributed by atoms with Gasteiger partial charge in [0, 0.05) is 25.7 Å². The summed E-state index contributed by atoms with van der Waals surface area (Å²) in [5.41, 5.74) is 0. The average molecular weight is 1480 g/mol. The van der Waals surface area contributed by atoms with E-state index in [4.69, 9.17) is 37.0 Å². The normalized spacial score (nSPS) is 14.0. The van der Waals surface area contributed by atoms with Gasteiger partial charge in [0.25, 0.3) is 0 Å². The first-order valence-corrected chi connectivity index (χ1v) is 45.3. The molecule has 19 heteroatoms. The number of hydrogen-bond donors (Lipinski definition) is 3. The predicted molar refractivity (Wildman–Crippen MR) is 414 cm³/mol. The summed E-state index contributed by atoms with van der Waals surface area (Å²) >= 11 is 0. The number of phosphoric ester groups is 2. The average Bonchev–Trinajstić information content (AvgIpc) is 0.927. The smallest absolute Gasteiger partial charge is 0.462 e. The largest absolute Gasteiger partial charge is 0.472 e. The van der Waals surface area contributed by atoms with Crippen molar-refractivity contribution in [3.63, 3.8) is 0 Å². The predicted octanol–water partition coefficient (Wildman–Crippen LogP) is 24.5. The number of carbonyl (C=O) groups is 4. The highest BCUT2D eigenvalue weighted by molar-refractivity contribution is 7.47. The maximum atomic E-state index is 13.1. The Bertz CT molecular complexity index is 1960. The highest BCUT2D eigenvalue weighted by Gasteiger charge is 2.30. The van der Waals surface area contributed by atoms with Gasteiger partial charge in [-0.25, -0.2) is 9.13 Å². The third-order valence-electron chi connectivity index (χ3n) is 19.1. The number of esters is 4. The number of aliphatic hydroxyl groups is 1. The van der Waals surface area contributed by atoms with E-state index in [0.717, 1.165) is 108 Å². The van der Waals surface area contributed by atoms with Gasteiger partial charge in [0.1, 0.15) is 19.3 Å². The van der Waals surface area contributed by atoms with Crippen molar-refractivity contribution >= 4 is 39.5 Å². The molecule has 0 saturated heterocycles. The van der Waals surface area contributed by atoms with Crippen molar-refractivity contribution in [3.05, 3.63) is 0 Å². The van der Waals surface area contributed by atoms with Crippen LogP contribution in [-0.4, -0.2) is 96.7 Å². The molecule has 0 bridgehead atoms. The van der Waals surface area contributed by atoms with E-state index < -0.39 is 97.5 Å². The Balaban J connectivity index is 5.23. The SMILES string of the molecule is CCCCCCCCCCCCCCCCCC(=O)OC[C@H](COP(=O)(O)OC[C@@H](O)COP(=O)(O)OC[C@@H](COC(=O)CCCCCCCCCCC(C)C)OC(=O)CCCCCCCCCCCCCC(C)C)OC(=O)CCCCCCCCCCCCCCCCCCCCC(C)C. The molecule has 0 saturated carbocycles. The molecular weight excluding hydrogens is 1320 g/mol. The molecule has 0 aromatic carbocycles. The van der Waals surface area contributed by atoms with E-state index in [9.17, 15) is 43.2 Å². The molecule has 3 N–H and O–H groups in total. The van der Waals surface area contributed by atoms with Gasteiger partial charge < -0.3 is 33.8 Å². The summed E-state index contributed by atoms with van der Waals surface area (Å²) in [7, 11) is -9.92. The van der Waals surface area contributed by atoms with Crippen LogP contribution < -0.4 is 0 Å². The summed E-state index contributed by atoms with van der Waals surface area (Å²) in [4.78, 5) is 73.1. The van der Waals surface area contributed by atoms with E-state index in [1.54, 1.807) is 0 Å². The first kappa shape index (κ1) is 99.1. The molecule has 0 aromatic heterocycles. The molecular formula is C82H160O17P2. The fourth-order valence-corrected chi connectivity index (χ4v) is 14.2. The molecule has 2 unspecified atom stereocenters. The maximum Gasteiger partial charge on any atom is 0.472 e. The van der Waals surface area contributed by atoms with E-state index in [2.05, 4.69) is 48.5 Å². The third kappa shape index (κ3) is 76.1. The molecule has 0 amide bonds. The minimum Gasteiger partial charge on any atom is -0.462 e. The second-order valence-electron chi connectivity index (χ2n) is 30.9. The number of aliphatic hydroxyl groups excluding tert-OH is 1. The number of phosphoric acid groups is 2. The molecule has 101 heavy (non-hydrogen) atoms. The van der Waals surface area contributed by atoms with E-state index in [0.29, 0.717) is 25.7 Å². The van der Waals surface area contributed by atoms with Crippen LogP contribution in [0.25, 0.3) is 0 Å². The Kier molecular flexibility index (Phi) is 70.9. The Labute approximate surface area is 619 Å². The lowest BCUT2D eigenvalue weighted by Gasteiger charge is -2.21. The lowest BCUT2D eigenvalue weighted by molar-refractivity contribution is -0.161. The lowest BCUT2D eigenvalue weighted by Crippen LogP contribution is -2.30. The van der Waals surface area contributed by atoms with Gasteiger partial charge in [-0.1, -0.05) is 376 Å². The van der Waals surface area contributed by atoms with Gasteiger partial charge in [-0.05, 0) is 43.4 Å². The Morgan fingerprint density at radius 3 is 0.673 bits per heavy atom. The molecule has 0 rings (SSSR count). The van der Waals surface area contributed by atoms with Crippen molar-refractivity contribution < 1.29 is 80.2 Å². The molecule has 0 heterocycles. The standard InChI is InChI=1S/C82H160O17P2/c1-8-9-10-11-12-13-14-15-20-24-29-34-42-49-56-63-79(84)92-69-77(98-81(86)65-58-51-44-35-30-25-22-19-17-16-18-21-23-27-32-39-46-53-60-73(2)3)71-96-100(88,89)94-67-76(83)68-95-101(90,91)97-72-78(70-93-80(85)64-57-50-43-38-37-41-48-55-62-75(6)7)99-82(87)66-59-52-45-36-31-26-28-33-40-47-54-61-74(4)5/h73-78,83H,8-72H2,1-7H3,(H,88,89)(H,90,91)/t76-,77-,78-/m1/s1. The van der Waals surface area contributed by atoms with Crippen molar-refractivity contribution in [2.24, 2.45) is 17.8 Å². The quantitative estimate of drug-likeness (QED) is 0.0222. The van der Waals surface area contributed by atoms with Crippen molar-refractivity contribution in [3.8, 4) is 0 Å². The zero-order valence-electron chi connectivity index (χ0n) is 66.4. The minimum atomic E-state index is -4.96. The van der Waals surface area contributed by atoms with Crippen LogP contribution >= 0.6 is 15.6 Å². The summed E-state index contributed by atoms with van der Waals surface area (Å²) in [6, 6.07) is 0. The summed E-state index contributed by atoms with van der Waals surface area (Å²) in [6.07, 6.45) is 61.1. The van der Waals surface area contributed by atoms with E-state index in [1.165, 1.54) is 238 Å². The van der Waals surface area contributed by atoms with Gasteiger partial charge in [-0.2, -0.15) is 0 Å². The summed E-state index contributed by atoms with van der Waals surface area (Å²) in [6.45, 7) is 11.9. The number of unbranched alkanes of at least 4 members (excludes halogenated alkanes) is 48. The summed E-state index contributed by atoms with van der Waals surface area (Å²) in [5.74, 6) is 0.202. The Morgan fingerprint density at radius 2 is 0.455 bits per heavy atom. The van der Waals surface area contributed by atoms with Crippen LogP contribution in [0.3, 0.4) is 0 Å². The van der Waals surface area contributed by atoms with Crippen LogP contribution in [0.15, 0.2) is 0 Å². The third-order valence-corrected chi connectivity index (χ3v) is 21.0.